The monoisotopic (exact) mass is 228 g/mol. The lowest BCUT2D eigenvalue weighted by atomic mass is 10.0. The van der Waals surface area contributed by atoms with Crippen LogP contribution in [0.1, 0.15) is 18.4 Å². The number of nitrogens with one attached hydrogen (secondary N) is 1. The van der Waals surface area contributed by atoms with Crippen LogP contribution in [0.2, 0.25) is 5.02 Å². The van der Waals surface area contributed by atoms with Crippen molar-refractivity contribution in [3.8, 4) is 0 Å². The predicted octanol–water partition coefficient (Wildman–Crippen LogP) is 2.26. The van der Waals surface area contributed by atoms with Crippen molar-refractivity contribution in [2.45, 2.75) is 25.3 Å². The van der Waals surface area contributed by atoms with Gasteiger partial charge in [-0.3, -0.25) is 11.3 Å². The fourth-order valence-electron chi connectivity index (χ4n) is 1.78. The third kappa shape index (κ3) is 2.68. The summed E-state index contributed by atoms with van der Waals surface area (Å²) in [5.41, 5.74) is 3.83. The second-order valence-corrected chi connectivity index (χ2v) is 4.47. The number of rotatable bonds is 4. The van der Waals surface area contributed by atoms with Crippen molar-refractivity contribution in [2.75, 3.05) is 0 Å². The summed E-state index contributed by atoms with van der Waals surface area (Å²) in [6.45, 7) is 0. The molecule has 1 aromatic carbocycles. The summed E-state index contributed by atoms with van der Waals surface area (Å²) in [7, 11) is 0. The number of hydrazine groups is 1. The lowest BCUT2D eigenvalue weighted by Gasteiger charge is -2.14. The Labute approximate surface area is 93.6 Å². The van der Waals surface area contributed by atoms with Gasteiger partial charge in [0.2, 0.25) is 0 Å². The standard InChI is InChI=1S/C11H14ClFN2/c12-9-5-7(1-4-10(9)13)6-11(15-14)8-2-3-8/h1,4-5,8,11,15H,2-3,6,14H2. The molecule has 1 saturated carbocycles. The summed E-state index contributed by atoms with van der Waals surface area (Å²) >= 11 is 5.71. The molecule has 0 aromatic heterocycles. The molecule has 0 bridgehead atoms. The third-order valence-electron chi connectivity index (χ3n) is 2.84. The molecule has 1 aromatic rings. The van der Waals surface area contributed by atoms with Crippen LogP contribution >= 0.6 is 11.6 Å². The number of nitrogens with two attached hydrogens (primary N) is 1. The van der Waals surface area contributed by atoms with Crippen LogP contribution in [0.15, 0.2) is 18.2 Å². The minimum absolute atomic E-state index is 0.180. The van der Waals surface area contributed by atoms with E-state index in [1.165, 1.54) is 18.9 Å². The highest BCUT2D eigenvalue weighted by atomic mass is 35.5. The lowest BCUT2D eigenvalue weighted by molar-refractivity contribution is 0.472. The molecule has 1 aliphatic carbocycles. The Balaban J connectivity index is 2.05. The van der Waals surface area contributed by atoms with Crippen LogP contribution in [0.4, 0.5) is 4.39 Å². The zero-order chi connectivity index (χ0) is 10.8. The maximum Gasteiger partial charge on any atom is 0.141 e. The first kappa shape index (κ1) is 10.9. The highest BCUT2D eigenvalue weighted by molar-refractivity contribution is 6.30. The van der Waals surface area contributed by atoms with Crippen molar-refractivity contribution in [3.05, 3.63) is 34.6 Å². The van der Waals surface area contributed by atoms with Gasteiger partial charge in [0.15, 0.2) is 0 Å². The largest absolute Gasteiger partial charge is 0.271 e. The molecule has 3 N–H and O–H groups in total. The normalized spacial score (nSPS) is 17.8. The molecule has 2 rings (SSSR count). The quantitative estimate of drug-likeness (QED) is 0.613. The summed E-state index contributed by atoms with van der Waals surface area (Å²) in [5, 5.41) is 0.180. The minimum Gasteiger partial charge on any atom is -0.271 e. The molecule has 4 heteroatoms. The van der Waals surface area contributed by atoms with Crippen molar-refractivity contribution in [1.29, 1.82) is 0 Å². The second-order valence-electron chi connectivity index (χ2n) is 4.06. The van der Waals surface area contributed by atoms with Gasteiger partial charge in [0.05, 0.1) is 5.02 Å². The van der Waals surface area contributed by atoms with Gasteiger partial charge in [-0.05, 0) is 42.9 Å². The van der Waals surface area contributed by atoms with E-state index in [0.717, 1.165) is 12.0 Å². The van der Waals surface area contributed by atoms with Crippen molar-refractivity contribution in [2.24, 2.45) is 11.8 Å². The first-order valence-corrected chi connectivity index (χ1v) is 5.48. The molecule has 0 amide bonds. The summed E-state index contributed by atoms with van der Waals surface area (Å²) in [4.78, 5) is 0. The van der Waals surface area contributed by atoms with Crippen LogP contribution in [-0.4, -0.2) is 6.04 Å². The average Bonchev–Trinajstić information content (AvgIpc) is 3.03. The molecule has 0 heterocycles. The zero-order valence-corrected chi connectivity index (χ0v) is 9.10. The molecule has 0 aliphatic heterocycles. The molecular formula is C11H14ClFN2. The van der Waals surface area contributed by atoms with Crippen molar-refractivity contribution in [1.82, 2.24) is 5.43 Å². The van der Waals surface area contributed by atoms with Crippen LogP contribution in [0.3, 0.4) is 0 Å². The van der Waals surface area contributed by atoms with Gasteiger partial charge >= 0.3 is 0 Å². The second kappa shape index (κ2) is 4.47. The van der Waals surface area contributed by atoms with E-state index in [4.69, 9.17) is 17.4 Å². The zero-order valence-electron chi connectivity index (χ0n) is 8.34. The van der Waals surface area contributed by atoms with Gasteiger partial charge in [0.25, 0.3) is 0 Å². The molecule has 1 unspecified atom stereocenters. The molecule has 1 aliphatic rings. The van der Waals surface area contributed by atoms with E-state index in [9.17, 15) is 4.39 Å². The van der Waals surface area contributed by atoms with E-state index in [0.29, 0.717) is 5.92 Å². The van der Waals surface area contributed by atoms with Crippen LogP contribution < -0.4 is 11.3 Å². The molecular weight excluding hydrogens is 215 g/mol. The Kier molecular flexibility index (Phi) is 3.24. The fourth-order valence-corrected chi connectivity index (χ4v) is 1.98. The van der Waals surface area contributed by atoms with Gasteiger partial charge < -0.3 is 0 Å². The number of hydrogen-bond donors (Lipinski definition) is 2. The van der Waals surface area contributed by atoms with Gasteiger partial charge in [-0.2, -0.15) is 0 Å². The maximum absolute atomic E-state index is 12.9. The van der Waals surface area contributed by atoms with Crippen LogP contribution in [-0.2, 0) is 6.42 Å². The van der Waals surface area contributed by atoms with E-state index < -0.39 is 0 Å². The molecule has 1 atom stereocenters. The molecule has 0 radical (unpaired) electrons. The topological polar surface area (TPSA) is 38.0 Å². The highest BCUT2D eigenvalue weighted by Crippen LogP contribution is 2.34. The fraction of sp³-hybridized carbons (Fsp3) is 0.455. The van der Waals surface area contributed by atoms with Crippen LogP contribution in [0.5, 0.6) is 0 Å². The Morgan fingerprint density at radius 2 is 2.27 bits per heavy atom. The van der Waals surface area contributed by atoms with Gasteiger partial charge in [-0.25, -0.2) is 4.39 Å². The number of benzene rings is 1. The number of halogens is 2. The summed E-state index contributed by atoms with van der Waals surface area (Å²) in [5.74, 6) is 5.77. The Morgan fingerprint density at radius 3 is 2.80 bits per heavy atom. The van der Waals surface area contributed by atoms with Crippen molar-refractivity contribution < 1.29 is 4.39 Å². The van der Waals surface area contributed by atoms with E-state index in [1.807, 2.05) is 0 Å². The van der Waals surface area contributed by atoms with E-state index >= 15 is 0 Å². The van der Waals surface area contributed by atoms with E-state index in [2.05, 4.69) is 5.43 Å². The summed E-state index contributed by atoms with van der Waals surface area (Å²) < 4.78 is 12.9. The Hall–Kier alpha value is -0.640. The van der Waals surface area contributed by atoms with Crippen molar-refractivity contribution >= 4 is 11.6 Å². The molecule has 2 nitrogen and oxygen atoms in total. The van der Waals surface area contributed by atoms with Gasteiger partial charge in [0.1, 0.15) is 5.82 Å². The first-order chi connectivity index (χ1) is 7.20. The first-order valence-electron chi connectivity index (χ1n) is 5.10. The third-order valence-corrected chi connectivity index (χ3v) is 3.13. The molecule has 0 spiro atoms. The van der Waals surface area contributed by atoms with E-state index in [1.54, 1.807) is 12.1 Å². The minimum atomic E-state index is -0.371. The number of hydrogen-bond acceptors (Lipinski definition) is 2. The molecule has 1 fully saturated rings. The Bertz CT molecular complexity index is 352. The highest BCUT2D eigenvalue weighted by Gasteiger charge is 2.30. The molecule has 0 saturated heterocycles. The van der Waals surface area contributed by atoms with Gasteiger partial charge in [-0.15, -0.1) is 0 Å². The maximum atomic E-state index is 12.9. The van der Waals surface area contributed by atoms with Crippen LogP contribution in [0, 0.1) is 11.7 Å². The Morgan fingerprint density at radius 1 is 1.53 bits per heavy atom. The van der Waals surface area contributed by atoms with Gasteiger partial charge in [-0.1, -0.05) is 17.7 Å². The SMILES string of the molecule is NNC(Cc1ccc(F)c(Cl)c1)C1CC1. The predicted molar refractivity (Wildman–Crippen MR) is 58.9 cm³/mol. The van der Waals surface area contributed by atoms with E-state index in [-0.39, 0.29) is 16.9 Å². The van der Waals surface area contributed by atoms with Crippen LogP contribution in [0.25, 0.3) is 0 Å². The summed E-state index contributed by atoms with van der Waals surface area (Å²) in [6.07, 6.45) is 3.26. The average molecular weight is 229 g/mol. The molecule has 15 heavy (non-hydrogen) atoms. The lowest BCUT2D eigenvalue weighted by Crippen LogP contribution is -2.38. The smallest absolute Gasteiger partial charge is 0.141 e. The molecule has 82 valence electrons. The van der Waals surface area contributed by atoms with Crippen molar-refractivity contribution in [3.63, 3.8) is 0 Å². The van der Waals surface area contributed by atoms with Gasteiger partial charge in [0, 0.05) is 6.04 Å². The summed E-state index contributed by atoms with van der Waals surface area (Å²) in [6, 6.07) is 5.11.